The zero-order valence-corrected chi connectivity index (χ0v) is 11.7. The molecule has 0 heterocycles. The molecule has 0 fully saturated rings. The van der Waals surface area contributed by atoms with Crippen LogP contribution in [0.5, 0.6) is 0 Å². The maximum atomic E-state index is 6.20. The lowest BCUT2D eigenvalue weighted by Gasteiger charge is -2.35. The molecule has 0 amide bonds. The van der Waals surface area contributed by atoms with Gasteiger partial charge in [0, 0.05) is 11.4 Å². The highest BCUT2D eigenvalue weighted by Gasteiger charge is 2.25. The summed E-state index contributed by atoms with van der Waals surface area (Å²) in [6.07, 6.45) is 2.78. The third-order valence-electron chi connectivity index (χ3n) is 2.76. The molecule has 0 aliphatic carbocycles. The highest BCUT2D eigenvalue weighted by molar-refractivity contribution is 6.13. The van der Waals surface area contributed by atoms with E-state index in [1.54, 1.807) is 0 Å². The van der Waals surface area contributed by atoms with Gasteiger partial charge in [-0.2, -0.15) is 0 Å². The molecular formula is C12H27BN2O. The van der Waals surface area contributed by atoms with E-state index in [9.17, 15) is 0 Å². The van der Waals surface area contributed by atoms with Gasteiger partial charge in [0.05, 0.1) is 12.3 Å². The van der Waals surface area contributed by atoms with Crippen molar-refractivity contribution in [3.05, 3.63) is 12.7 Å². The Morgan fingerprint density at radius 3 is 2.25 bits per heavy atom. The van der Waals surface area contributed by atoms with Crippen LogP contribution in [0.1, 0.15) is 27.2 Å². The summed E-state index contributed by atoms with van der Waals surface area (Å²) in [7, 11) is 6.04. The van der Waals surface area contributed by atoms with Gasteiger partial charge in [-0.05, 0) is 41.3 Å². The Kier molecular flexibility index (Phi) is 5.73. The summed E-state index contributed by atoms with van der Waals surface area (Å²) < 4.78 is 5.76. The van der Waals surface area contributed by atoms with E-state index in [-0.39, 0.29) is 17.1 Å². The molecule has 16 heavy (non-hydrogen) atoms. The first kappa shape index (κ1) is 15.7. The Hall–Kier alpha value is -0.315. The van der Waals surface area contributed by atoms with Crippen LogP contribution in [-0.4, -0.2) is 44.6 Å². The van der Waals surface area contributed by atoms with Crippen LogP contribution in [0, 0.1) is 5.92 Å². The molecule has 0 radical (unpaired) electrons. The average Bonchev–Trinajstić information content (AvgIpc) is 2.10. The number of hydrogen-bond acceptors (Lipinski definition) is 3. The molecule has 0 bridgehead atoms. The number of nitrogens with two attached hydrogens (primary N) is 1. The van der Waals surface area contributed by atoms with E-state index in [1.807, 2.05) is 32.0 Å². The van der Waals surface area contributed by atoms with E-state index >= 15 is 0 Å². The Bertz CT molecular complexity index is 222. The molecule has 0 spiro atoms. The summed E-state index contributed by atoms with van der Waals surface area (Å²) in [6, 6.07) is 0. The molecule has 3 nitrogen and oxygen atoms in total. The third-order valence-corrected chi connectivity index (χ3v) is 2.76. The number of rotatable bonds is 7. The van der Waals surface area contributed by atoms with Crippen LogP contribution < -0.4 is 5.73 Å². The Labute approximate surface area is 101 Å². The molecule has 0 aliphatic rings. The molecule has 0 saturated heterocycles. The topological polar surface area (TPSA) is 38.5 Å². The van der Waals surface area contributed by atoms with Gasteiger partial charge in [-0.1, -0.05) is 6.08 Å². The van der Waals surface area contributed by atoms with Crippen LogP contribution >= 0.6 is 0 Å². The van der Waals surface area contributed by atoms with Crippen molar-refractivity contribution < 1.29 is 4.74 Å². The van der Waals surface area contributed by atoms with Crippen molar-refractivity contribution in [3.63, 3.8) is 0 Å². The Morgan fingerprint density at radius 1 is 1.44 bits per heavy atom. The van der Waals surface area contributed by atoms with E-state index in [4.69, 9.17) is 10.5 Å². The molecule has 0 saturated carbocycles. The molecule has 2 N–H and O–H groups in total. The lowest BCUT2D eigenvalue weighted by molar-refractivity contribution is 0.0177. The minimum Gasteiger partial charge on any atom is -0.384 e. The molecule has 0 aromatic rings. The highest BCUT2D eigenvalue weighted by atomic mass is 16.5. The van der Waals surface area contributed by atoms with Crippen LogP contribution in [0.15, 0.2) is 12.7 Å². The van der Waals surface area contributed by atoms with Crippen molar-refractivity contribution in [2.24, 2.45) is 11.7 Å². The fourth-order valence-corrected chi connectivity index (χ4v) is 1.28. The number of nitrogens with zero attached hydrogens (tertiary/aromatic N) is 1. The van der Waals surface area contributed by atoms with Crippen molar-refractivity contribution in [1.29, 1.82) is 0 Å². The average molecular weight is 226 g/mol. The number of ether oxygens (including phenoxy) is 1. The summed E-state index contributed by atoms with van der Waals surface area (Å²) >= 11 is 0. The molecule has 0 rings (SSSR count). The van der Waals surface area contributed by atoms with Gasteiger partial charge in [-0.15, -0.1) is 6.58 Å². The van der Waals surface area contributed by atoms with Crippen LogP contribution in [0.4, 0.5) is 0 Å². The Balaban J connectivity index is 4.26. The van der Waals surface area contributed by atoms with Gasteiger partial charge in [-0.3, -0.25) is 4.90 Å². The SMILES string of the molecule is BC(C)(C)OCC(C=C)CC(C)(N)N(C)C. The maximum absolute atomic E-state index is 6.20. The predicted molar refractivity (Wildman–Crippen MR) is 73.2 cm³/mol. The fourth-order valence-electron chi connectivity index (χ4n) is 1.28. The standard InChI is InChI=1S/C12H27BN2O/c1-7-10(9-16-11(2,3)13)8-12(4,14)15(5)6/h7,10H,1,8-9,13-14H2,2-6H3. The van der Waals surface area contributed by atoms with Gasteiger partial charge in [-0.25, -0.2) is 0 Å². The van der Waals surface area contributed by atoms with Gasteiger partial charge in [0.1, 0.15) is 7.85 Å². The molecular weight excluding hydrogens is 199 g/mol. The lowest BCUT2D eigenvalue weighted by Crippen LogP contribution is -2.51. The van der Waals surface area contributed by atoms with Crippen molar-refractivity contribution in [2.75, 3.05) is 20.7 Å². The maximum Gasteiger partial charge on any atom is 0.142 e. The summed E-state index contributed by atoms with van der Waals surface area (Å²) in [5, 5.41) is 0. The van der Waals surface area contributed by atoms with Gasteiger partial charge >= 0.3 is 0 Å². The smallest absolute Gasteiger partial charge is 0.142 e. The van der Waals surface area contributed by atoms with Crippen LogP contribution in [0.3, 0.4) is 0 Å². The summed E-state index contributed by atoms with van der Waals surface area (Å²) in [5.41, 5.74) is 5.77. The minimum atomic E-state index is -0.319. The first-order chi connectivity index (χ1) is 7.08. The van der Waals surface area contributed by atoms with Gasteiger partial charge in [0.25, 0.3) is 0 Å². The third kappa shape index (κ3) is 6.31. The van der Waals surface area contributed by atoms with Crippen molar-refractivity contribution in [3.8, 4) is 0 Å². The molecule has 0 aromatic carbocycles. The quantitative estimate of drug-likeness (QED) is 0.396. The minimum absolute atomic E-state index is 0.107. The molecule has 2 atom stereocenters. The van der Waals surface area contributed by atoms with Crippen molar-refractivity contribution >= 4 is 7.85 Å². The molecule has 2 unspecified atom stereocenters. The van der Waals surface area contributed by atoms with E-state index in [0.717, 1.165) is 6.42 Å². The first-order valence-corrected chi connectivity index (χ1v) is 5.81. The second kappa shape index (κ2) is 5.85. The van der Waals surface area contributed by atoms with Gasteiger partial charge in [0.2, 0.25) is 0 Å². The first-order valence-electron chi connectivity index (χ1n) is 5.81. The second-order valence-corrected chi connectivity index (χ2v) is 5.87. The van der Waals surface area contributed by atoms with Crippen LogP contribution in [0.25, 0.3) is 0 Å². The van der Waals surface area contributed by atoms with Crippen LogP contribution in [-0.2, 0) is 4.74 Å². The predicted octanol–water partition coefficient (Wildman–Crippen LogP) is 0.801. The van der Waals surface area contributed by atoms with E-state index < -0.39 is 0 Å². The lowest BCUT2D eigenvalue weighted by atomic mass is 9.85. The van der Waals surface area contributed by atoms with Crippen molar-refractivity contribution in [2.45, 2.75) is 38.4 Å². The van der Waals surface area contributed by atoms with E-state index in [0.29, 0.717) is 6.61 Å². The fraction of sp³-hybridized carbons (Fsp3) is 0.833. The molecule has 4 heteroatoms. The largest absolute Gasteiger partial charge is 0.384 e. The summed E-state index contributed by atoms with van der Waals surface area (Å²) in [5.74, 6) is 0.289. The zero-order chi connectivity index (χ0) is 13.0. The molecule has 94 valence electrons. The number of hydrogen-bond donors (Lipinski definition) is 1. The Morgan fingerprint density at radius 2 is 1.94 bits per heavy atom. The van der Waals surface area contributed by atoms with E-state index in [2.05, 4.69) is 28.3 Å². The zero-order valence-electron chi connectivity index (χ0n) is 11.7. The molecule has 0 aliphatic heterocycles. The van der Waals surface area contributed by atoms with Gasteiger partial charge in [0.15, 0.2) is 0 Å². The normalized spacial score (nSPS) is 18.2. The second-order valence-electron chi connectivity index (χ2n) is 5.87. The van der Waals surface area contributed by atoms with Gasteiger partial charge < -0.3 is 10.5 Å². The molecule has 0 aromatic heterocycles. The summed E-state index contributed by atoms with van der Waals surface area (Å²) in [6.45, 7) is 10.7. The highest BCUT2D eigenvalue weighted by Crippen LogP contribution is 2.19. The van der Waals surface area contributed by atoms with E-state index in [1.165, 1.54) is 0 Å². The monoisotopic (exact) mass is 226 g/mol. The summed E-state index contributed by atoms with van der Waals surface area (Å²) in [4.78, 5) is 2.03. The van der Waals surface area contributed by atoms with Crippen LogP contribution in [0.2, 0.25) is 0 Å². The van der Waals surface area contributed by atoms with Crippen molar-refractivity contribution in [1.82, 2.24) is 4.90 Å².